The lowest BCUT2D eigenvalue weighted by atomic mass is 10.2. The van der Waals surface area contributed by atoms with Crippen LogP contribution in [0.5, 0.6) is 11.5 Å². The van der Waals surface area contributed by atoms with Crippen molar-refractivity contribution in [2.24, 2.45) is 4.99 Å². The number of carbonyl (C=O) groups is 2. The Morgan fingerprint density at radius 3 is 2.35 bits per heavy atom. The molecule has 31 heavy (non-hydrogen) atoms. The number of sulfone groups is 1. The van der Waals surface area contributed by atoms with E-state index in [2.05, 4.69) is 4.99 Å². The summed E-state index contributed by atoms with van der Waals surface area (Å²) in [5, 5.41) is 0. The number of amides is 1. The van der Waals surface area contributed by atoms with Gasteiger partial charge in [0.05, 0.1) is 26.2 Å². The maximum absolute atomic E-state index is 12.8. The summed E-state index contributed by atoms with van der Waals surface area (Å²) >= 11 is 1.13. The van der Waals surface area contributed by atoms with Gasteiger partial charge in [0.1, 0.15) is 28.3 Å². The number of nitrogens with zero attached hydrogens (tertiary/aromatic N) is 2. The van der Waals surface area contributed by atoms with E-state index in [1.54, 1.807) is 12.1 Å². The number of methoxy groups -OCH3 is 3. The van der Waals surface area contributed by atoms with Gasteiger partial charge in [-0.3, -0.25) is 9.59 Å². The van der Waals surface area contributed by atoms with Gasteiger partial charge in [-0.1, -0.05) is 17.4 Å². The van der Waals surface area contributed by atoms with Gasteiger partial charge in [0.2, 0.25) is 0 Å². The zero-order chi connectivity index (χ0) is 22.8. The first-order valence-corrected chi connectivity index (χ1v) is 11.6. The Hall–Kier alpha value is -3.18. The molecule has 0 bridgehead atoms. The Balaban J connectivity index is 2.25. The molecule has 9 nitrogen and oxygen atoms in total. The summed E-state index contributed by atoms with van der Waals surface area (Å²) in [6.45, 7) is -0.213. The smallest absolute Gasteiger partial charge is 0.325 e. The van der Waals surface area contributed by atoms with E-state index < -0.39 is 21.7 Å². The summed E-state index contributed by atoms with van der Waals surface area (Å²) in [5.41, 5.74) is 0.623. The van der Waals surface area contributed by atoms with Crippen molar-refractivity contribution in [1.29, 1.82) is 0 Å². The highest BCUT2D eigenvalue weighted by Gasteiger charge is 2.19. The van der Waals surface area contributed by atoms with Crippen molar-refractivity contribution in [3.63, 3.8) is 0 Å². The van der Waals surface area contributed by atoms with Gasteiger partial charge in [0, 0.05) is 11.8 Å². The van der Waals surface area contributed by atoms with Crippen LogP contribution in [0.15, 0.2) is 46.3 Å². The minimum atomic E-state index is -3.49. The molecule has 0 aliphatic rings. The van der Waals surface area contributed by atoms with Crippen LogP contribution in [-0.4, -0.2) is 52.4 Å². The molecule has 0 N–H and O–H groups in total. The standard InChI is InChI=1S/C20H20N2O7S2/c1-27-14-8-9-15(28-2)18-17(14)22(11-16(23)29-3)20(30-18)21-19(24)12-6-5-7-13(10-12)31(4,25)26/h5-10H,11H2,1-4H3. The van der Waals surface area contributed by atoms with Crippen molar-refractivity contribution in [2.75, 3.05) is 27.6 Å². The first-order valence-electron chi connectivity index (χ1n) is 8.90. The molecule has 1 heterocycles. The second kappa shape index (κ2) is 8.90. The van der Waals surface area contributed by atoms with E-state index in [9.17, 15) is 18.0 Å². The van der Waals surface area contributed by atoms with Crippen LogP contribution in [-0.2, 0) is 25.9 Å². The van der Waals surface area contributed by atoms with E-state index >= 15 is 0 Å². The minimum absolute atomic E-state index is 0.00988. The van der Waals surface area contributed by atoms with E-state index in [1.807, 2.05) is 0 Å². The molecular weight excluding hydrogens is 444 g/mol. The summed E-state index contributed by atoms with van der Waals surface area (Å²) in [4.78, 5) is 29.2. The lowest BCUT2D eigenvalue weighted by molar-refractivity contribution is -0.141. The van der Waals surface area contributed by atoms with E-state index in [1.165, 1.54) is 50.2 Å². The third kappa shape index (κ3) is 4.62. The maximum atomic E-state index is 12.8. The molecular formula is C20H20N2O7S2. The number of aromatic nitrogens is 1. The highest BCUT2D eigenvalue weighted by Crippen LogP contribution is 2.35. The Bertz CT molecular complexity index is 1340. The van der Waals surface area contributed by atoms with Gasteiger partial charge in [-0.05, 0) is 30.3 Å². The first-order chi connectivity index (χ1) is 14.7. The first kappa shape index (κ1) is 22.5. The van der Waals surface area contributed by atoms with Crippen LogP contribution in [0.2, 0.25) is 0 Å². The van der Waals surface area contributed by atoms with Gasteiger partial charge in [-0.25, -0.2) is 8.42 Å². The van der Waals surface area contributed by atoms with Crippen molar-refractivity contribution in [3.8, 4) is 11.5 Å². The van der Waals surface area contributed by atoms with Crippen LogP contribution in [0, 0.1) is 0 Å². The largest absolute Gasteiger partial charge is 0.495 e. The SMILES string of the molecule is COC(=O)Cn1c(=NC(=O)c2cccc(S(C)(=O)=O)c2)sc2c(OC)ccc(OC)c21. The van der Waals surface area contributed by atoms with Gasteiger partial charge in [0.15, 0.2) is 14.6 Å². The van der Waals surface area contributed by atoms with Crippen LogP contribution in [0.3, 0.4) is 0 Å². The number of ether oxygens (including phenoxy) is 3. The van der Waals surface area contributed by atoms with Gasteiger partial charge < -0.3 is 18.8 Å². The predicted molar refractivity (Wildman–Crippen MR) is 114 cm³/mol. The molecule has 3 rings (SSSR count). The van der Waals surface area contributed by atoms with Gasteiger partial charge in [0.25, 0.3) is 5.91 Å². The number of rotatable bonds is 6. The number of hydrogen-bond donors (Lipinski definition) is 0. The van der Waals surface area contributed by atoms with E-state index in [-0.39, 0.29) is 21.8 Å². The normalized spacial score (nSPS) is 12.1. The fraction of sp³-hybridized carbons (Fsp3) is 0.250. The molecule has 0 fully saturated rings. The summed E-state index contributed by atoms with van der Waals surface area (Å²) in [7, 11) is 0.760. The Morgan fingerprint density at radius 1 is 1.06 bits per heavy atom. The fourth-order valence-corrected chi connectivity index (χ4v) is 4.69. The van der Waals surface area contributed by atoms with Crippen LogP contribution in [0.4, 0.5) is 0 Å². The molecule has 0 spiro atoms. The molecule has 0 saturated heterocycles. The van der Waals surface area contributed by atoms with Crippen LogP contribution in [0.1, 0.15) is 10.4 Å². The van der Waals surface area contributed by atoms with E-state index in [4.69, 9.17) is 14.2 Å². The quantitative estimate of drug-likeness (QED) is 0.513. The second-order valence-corrected chi connectivity index (χ2v) is 9.40. The molecule has 0 aliphatic heterocycles. The zero-order valence-corrected chi connectivity index (χ0v) is 18.9. The van der Waals surface area contributed by atoms with Crippen molar-refractivity contribution in [3.05, 3.63) is 46.8 Å². The molecule has 0 saturated carbocycles. The van der Waals surface area contributed by atoms with Crippen molar-refractivity contribution >= 4 is 43.3 Å². The van der Waals surface area contributed by atoms with Crippen molar-refractivity contribution in [2.45, 2.75) is 11.4 Å². The number of carbonyl (C=O) groups excluding carboxylic acids is 2. The van der Waals surface area contributed by atoms with Gasteiger partial charge >= 0.3 is 5.97 Å². The highest BCUT2D eigenvalue weighted by atomic mass is 32.2. The topological polar surface area (TPSA) is 113 Å². The highest BCUT2D eigenvalue weighted by molar-refractivity contribution is 7.90. The predicted octanol–water partition coefficient (Wildman–Crippen LogP) is 2.04. The van der Waals surface area contributed by atoms with Gasteiger partial charge in [-0.15, -0.1) is 0 Å². The molecule has 2 aromatic carbocycles. The number of hydrogen-bond acceptors (Lipinski definition) is 8. The fourth-order valence-electron chi connectivity index (χ4n) is 2.89. The maximum Gasteiger partial charge on any atom is 0.325 e. The summed E-state index contributed by atoms with van der Waals surface area (Å²) < 4.78 is 41.4. The molecule has 164 valence electrons. The third-order valence-electron chi connectivity index (χ3n) is 4.41. The number of esters is 1. The van der Waals surface area contributed by atoms with Crippen LogP contribution in [0.25, 0.3) is 10.2 Å². The summed E-state index contributed by atoms with van der Waals surface area (Å²) in [5.74, 6) is -0.220. The number of benzene rings is 2. The summed E-state index contributed by atoms with van der Waals surface area (Å²) in [6.07, 6.45) is 1.06. The molecule has 0 aliphatic carbocycles. The van der Waals surface area contributed by atoms with Crippen molar-refractivity contribution < 1.29 is 32.2 Å². The lowest BCUT2D eigenvalue weighted by Gasteiger charge is -2.09. The van der Waals surface area contributed by atoms with Crippen molar-refractivity contribution in [1.82, 2.24) is 4.57 Å². The number of fused-ring (bicyclic) bond motifs is 1. The molecule has 0 atom stereocenters. The van der Waals surface area contributed by atoms with Gasteiger partial charge in [-0.2, -0.15) is 4.99 Å². The molecule has 1 amide bonds. The Labute approximate surface area is 182 Å². The molecule has 0 radical (unpaired) electrons. The zero-order valence-electron chi connectivity index (χ0n) is 17.2. The average molecular weight is 465 g/mol. The Kier molecular flexibility index (Phi) is 6.46. The third-order valence-corrected chi connectivity index (χ3v) is 6.62. The minimum Gasteiger partial charge on any atom is -0.495 e. The second-order valence-electron chi connectivity index (χ2n) is 6.41. The molecule has 1 aromatic heterocycles. The Morgan fingerprint density at radius 2 is 1.74 bits per heavy atom. The van der Waals surface area contributed by atoms with Crippen LogP contribution < -0.4 is 14.3 Å². The lowest BCUT2D eigenvalue weighted by Crippen LogP contribution is -2.22. The van der Waals surface area contributed by atoms with E-state index in [0.29, 0.717) is 21.7 Å². The average Bonchev–Trinajstić information content (AvgIpc) is 3.10. The monoisotopic (exact) mass is 464 g/mol. The molecule has 0 unspecified atom stereocenters. The van der Waals surface area contributed by atoms with Crippen LogP contribution >= 0.6 is 11.3 Å². The summed E-state index contributed by atoms with van der Waals surface area (Å²) in [6, 6.07) is 9.00. The molecule has 3 aromatic rings. The number of thiazole rings is 1. The molecule has 11 heteroatoms. The van der Waals surface area contributed by atoms with E-state index in [0.717, 1.165) is 17.6 Å².